The van der Waals surface area contributed by atoms with Crippen LogP contribution in [0.1, 0.15) is 16.8 Å². The van der Waals surface area contributed by atoms with Crippen LogP contribution in [0.3, 0.4) is 0 Å². The van der Waals surface area contributed by atoms with Gasteiger partial charge in [0.25, 0.3) is 0 Å². The molecule has 0 atom stereocenters. The minimum atomic E-state index is -1.24. The summed E-state index contributed by atoms with van der Waals surface area (Å²) in [4.78, 5) is 32.9. The molecule has 0 aliphatic carbocycles. The highest BCUT2D eigenvalue weighted by molar-refractivity contribution is 6.05. The maximum absolute atomic E-state index is 11.3. The number of para-hydroxylation sites is 1. The van der Waals surface area contributed by atoms with Crippen molar-refractivity contribution in [1.82, 2.24) is 0 Å². The first kappa shape index (κ1) is 12.7. The van der Waals surface area contributed by atoms with E-state index in [2.05, 4.69) is 10.1 Å². The van der Waals surface area contributed by atoms with Crippen molar-refractivity contribution in [2.75, 3.05) is 12.4 Å². The van der Waals surface area contributed by atoms with Crippen molar-refractivity contribution >= 4 is 23.5 Å². The number of benzene rings is 1. The van der Waals surface area contributed by atoms with Crippen LogP contribution in [0.2, 0.25) is 0 Å². The van der Waals surface area contributed by atoms with E-state index in [0.717, 1.165) is 0 Å². The summed E-state index contributed by atoms with van der Waals surface area (Å²) in [6.07, 6.45) is -0.657. The van der Waals surface area contributed by atoms with E-state index in [1.54, 1.807) is 12.1 Å². The number of esters is 1. The summed E-state index contributed by atoms with van der Waals surface area (Å²) in [6, 6.07) is 6.19. The minimum Gasteiger partial charge on any atom is -0.481 e. The van der Waals surface area contributed by atoms with Crippen molar-refractivity contribution in [2.24, 2.45) is 0 Å². The number of carboxylic acid groups (broad SMARTS) is 1. The highest BCUT2D eigenvalue weighted by Crippen LogP contribution is 2.16. The monoisotopic (exact) mass is 237 g/mol. The first-order valence-electron chi connectivity index (χ1n) is 4.73. The Morgan fingerprint density at radius 2 is 1.94 bits per heavy atom. The number of methoxy groups -OCH3 is 1. The fourth-order valence-corrected chi connectivity index (χ4v) is 1.21. The Morgan fingerprint density at radius 3 is 2.53 bits per heavy atom. The van der Waals surface area contributed by atoms with Gasteiger partial charge in [0.05, 0.1) is 18.4 Å². The quantitative estimate of drug-likeness (QED) is 0.599. The third-order valence-corrected chi connectivity index (χ3v) is 1.92. The molecule has 0 saturated heterocycles. The van der Waals surface area contributed by atoms with E-state index in [4.69, 9.17) is 5.11 Å². The van der Waals surface area contributed by atoms with Gasteiger partial charge < -0.3 is 15.2 Å². The van der Waals surface area contributed by atoms with Crippen LogP contribution in [0.15, 0.2) is 24.3 Å². The Balaban J connectivity index is 2.87. The summed E-state index contributed by atoms with van der Waals surface area (Å²) >= 11 is 0. The number of rotatable bonds is 4. The number of aliphatic carboxylic acids is 1. The van der Waals surface area contributed by atoms with Gasteiger partial charge in [0.1, 0.15) is 6.42 Å². The van der Waals surface area contributed by atoms with Crippen LogP contribution in [0.4, 0.5) is 5.69 Å². The molecule has 6 heteroatoms. The zero-order valence-corrected chi connectivity index (χ0v) is 9.10. The summed E-state index contributed by atoms with van der Waals surface area (Å²) in [5.74, 6) is -2.54. The molecule has 6 nitrogen and oxygen atoms in total. The molecule has 0 heterocycles. The van der Waals surface area contributed by atoms with E-state index in [1.807, 2.05) is 0 Å². The molecular weight excluding hydrogens is 226 g/mol. The number of amides is 1. The zero-order chi connectivity index (χ0) is 12.8. The third kappa shape index (κ3) is 3.60. The normalized spacial score (nSPS) is 9.47. The van der Waals surface area contributed by atoms with Gasteiger partial charge in [-0.25, -0.2) is 4.79 Å². The fourth-order valence-electron chi connectivity index (χ4n) is 1.21. The lowest BCUT2D eigenvalue weighted by Crippen LogP contribution is -2.18. The summed E-state index contributed by atoms with van der Waals surface area (Å²) < 4.78 is 4.53. The summed E-state index contributed by atoms with van der Waals surface area (Å²) in [5.41, 5.74) is 0.402. The molecule has 0 aliphatic rings. The fraction of sp³-hybridized carbons (Fsp3) is 0.182. The van der Waals surface area contributed by atoms with E-state index in [9.17, 15) is 14.4 Å². The Labute approximate surface area is 97.2 Å². The van der Waals surface area contributed by atoms with Gasteiger partial charge in [0.2, 0.25) is 5.91 Å². The highest BCUT2D eigenvalue weighted by Gasteiger charge is 2.14. The van der Waals surface area contributed by atoms with Crippen molar-refractivity contribution in [1.29, 1.82) is 0 Å². The zero-order valence-electron chi connectivity index (χ0n) is 9.10. The molecule has 0 fully saturated rings. The third-order valence-electron chi connectivity index (χ3n) is 1.92. The van der Waals surface area contributed by atoms with E-state index >= 15 is 0 Å². The van der Waals surface area contributed by atoms with E-state index in [0.29, 0.717) is 0 Å². The van der Waals surface area contributed by atoms with E-state index in [-0.39, 0.29) is 11.3 Å². The summed E-state index contributed by atoms with van der Waals surface area (Å²) in [5, 5.41) is 10.8. The van der Waals surface area contributed by atoms with Gasteiger partial charge in [0, 0.05) is 0 Å². The topological polar surface area (TPSA) is 92.7 Å². The maximum atomic E-state index is 11.3. The predicted molar refractivity (Wildman–Crippen MR) is 58.7 cm³/mol. The maximum Gasteiger partial charge on any atom is 0.339 e. The van der Waals surface area contributed by atoms with Crippen LogP contribution in [-0.4, -0.2) is 30.1 Å². The summed E-state index contributed by atoms with van der Waals surface area (Å²) in [7, 11) is 1.22. The molecule has 0 unspecified atom stereocenters. The van der Waals surface area contributed by atoms with E-state index < -0.39 is 24.3 Å². The first-order chi connectivity index (χ1) is 8.04. The van der Waals surface area contributed by atoms with Gasteiger partial charge in [-0.15, -0.1) is 0 Å². The van der Waals surface area contributed by atoms with Crippen molar-refractivity contribution in [3.05, 3.63) is 29.8 Å². The number of ether oxygens (including phenoxy) is 1. The number of nitrogens with one attached hydrogen (secondary N) is 1. The number of hydrogen-bond donors (Lipinski definition) is 2. The highest BCUT2D eigenvalue weighted by atomic mass is 16.5. The number of carbonyl (C=O) groups excluding carboxylic acids is 2. The first-order valence-corrected chi connectivity index (χ1v) is 4.73. The number of carbonyl (C=O) groups is 3. The van der Waals surface area contributed by atoms with Gasteiger partial charge in [-0.2, -0.15) is 0 Å². The molecule has 0 aromatic heterocycles. The molecule has 2 N–H and O–H groups in total. The molecule has 1 amide bonds. The molecule has 0 aliphatic heterocycles. The molecule has 17 heavy (non-hydrogen) atoms. The second-order valence-electron chi connectivity index (χ2n) is 3.16. The van der Waals surface area contributed by atoms with Crippen LogP contribution >= 0.6 is 0 Å². The Kier molecular flexibility index (Phi) is 4.21. The number of carboxylic acids is 1. The van der Waals surface area contributed by atoms with Crippen LogP contribution < -0.4 is 5.32 Å². The lowest BCUT2D eigenvalue weighted by atomic mass is 10.1. The minimum absolute atomic E-state index is 0.175. The van der Waals surface area contributed by atoms with Gasteiger partial charge in [-0.05, 0) is 12.1 Å². The largest absolute Gasteiger partial charge is 0.481 e. The summed E-state index contributed by atoms with van der Waals surface area (Å²) in [6.45, 7) is 0. The van der Waals surface area contributed by atoms with Crippen molar-refractivity contribution in [2.45, 2.75) is 6.42 Å². The predicted octanol–water partition coefficient (Wildman–Crippen LogP) is 0.886. The van der Waals surface area contributed by atoms with Crippen LogP contribution in [0.5, 0.6) is 0 Å². The average molecular weight is 237 g/mol. The molecule has 0 bridgehead atoms. The van der Waals surface area contributed by atoms with Crippen LogP contribution in [-0.2, 0) is 14.3 Å². The van der Waals surface area contributed by atoms with Crippen LogP contribution in [0.25, 0.3) is 0 Å². The second kappa shape index (κ2) is 5.64. The Hall–Kier alpha value is -2.37. The van der Waals surface area contributed by atoms with Gasteiger partial charge in [-0.1, -0.05) is 12.1 Å². The SMILES string of the molecule is COC(=O)c1ccccc1NC(=O)CC(=O)O. The molecular formula is C11H11NO5. The van der Waals surface area contributed by atoms with Gasteiger partial charge in [-0.3, -0.25) is 9.59 Å². The Bertz CT molecular complexity index is 455. The molecule has 0 radical (unpaired) electrons. The molecule has 0 saturated carbocycles. The van der Waals surface area contributed by atoms with Crippen LogP contribution in [0, 0.1) is 0 Å². The van der Waals surface area contributed by atoms with Crippen molar-refractivity contribution in [3.8, 4) is 0 Å². The lowest BCUT2D eigenvalue weighted by molar-refractivity contribution is -0.139. The smallest absolute Gasteiger partial charge is 0.339 e. The second-order valence-corrected chi connectivity index (χ2v) is 3.16. The Morgan fingerprint density at radius 1 is 1.29 bits per heavy atom. The lowest BCUT2D eigenvalue weighted by Gasteiger charge is -2.08. The molecule has 0 spiro atoms. The average Bonchev–Trinajstić information content (AvgIpc) is 2.27. The van der Waals surface area contributed by atoms with Crippen molar-refractivity contribution in [3.63, 3.8) is 0 Å². The number of hydrogen-bond acceptors (Lipinski definition) is 4. The molecule has 1 aromatic rings. The molecule has 1 rings (SSSR count). The molecule has 1 aromatic carbocycles. The van der Waals surface area contributed by atoms with Gasteiger partial charge in [0.15, 0.2) is 0 Å². The number of anilines is 1. The van der Waals surface area contributed by atoms with Crippen molar-refractivity contribution < 1.29 is 24.2 Å². The van der Waals surface area contributed by atoms with Gasteiger partial charge >= 0.3 is 11.9 Å². The molecule has 90 valence electrons. The standard InChI is InChI=1S/C11H11NO5/c1-17-11(16)7-4-2-3-5-8(7)12-9(13)6-10(14)15/h2-5H,6H2,1H3,(H,12,13)(H,14,15). The van der Waals surface area contributed by atoms with E-state index in [1.165, 1.54) is 19.2 Å².